The Morgan fingerprint density at radius 2 is 2.50 bits per heavy atom. The minimum atomic E-state index is -0.848. The molecule has 1 aliphatic heterocycles. The highest BCUT2D eigenvalue weighted by molar-refractivity contribution is 5.73. The highest BCUT2D eigenvalue weighted by atomic mass is 16.6. The van der Waals surface area contributed by atoms with Gasteiger partial charge in [0, 0.05) is 13.0 Å². The van der Waals surface area contributed by atoms with Gasteiger partial charge in [-0.1, -0.05) is 0 Å². The number of carbonyl (C=O) groups is 1. The van der Waals surface area contributed by atoms with E-state index in [-0.39, 0.29) is 6.10 Å². The average molecular weight is 146 g/mol. The predicted molar refractivity (Wildman–Crippen MR) is 33.1 cm³/mol. The summed E-state index contributed by atoms with van der Waals surface area (Å²) in [6, 6.07) is -0.492. The molecule has 0 aromatic carbocycles. The van der Waals surface area contributed by atoms with E-state index in [2.05, 4.69) is 10.2 Å². The number of carboxylic acids is 1. The molecule has 1 aliphatic rings. The molecule has 5 heteroatoms. The van der Waals surface area contributed by atoms with E-state index in [9.17, 15) is 4.79 Å². The number of nitrogens with one attached hydrogen (secondary N) is 1. The van der Waals surface area contributed by atoms with Crippen molar-refractivity contribution in [1.29, 1.82) is 0 Å². The Balaban J connectivity index is 2.35. The average Bonchev–Trinajstić information content (AvgIpc) is 2.34. The van der Waals surface area contributed by atoms with Gasteiger partial charge in [0.2, 0.25) is 0 Å². The van der Waals surface area contributed by atoms with Crippen LogP contribution >= 0.6 is 0 Å². The first-order chi connectivity index (χ1) is 4.74. The number of rotatable bonds is 2. The van der Waals surface area contributed by atoms with Gasteiger partial charge in [-0.05, 0) is 0 Å². The predicted octanol–water partition coefficient (Wildman–Crippen LogP) is -1.31. The lowest BCUT2D eigenvalue weighted by Crippen LogP contribution is -2.30. The van der Waals surface area contributed by atoms with Crippen molar-refractivity contribution < 1.29 is 14.7 Å². The van der Waals surface area contributed by atoms with Gasteiger partial charge in [-0.2, -0.15) is 0 Å². The largest absolute Gasteiger partial charge is 0.480 e. The third-order valence-corrected chi connectivity index (χ3v) is 1.58. The Kier molecular flexibility index (Phi) is 2.21. The van der Waals surface area contributed by atoms with Gasteiger partial charge >= 0.3 is 5.97 Å². The topological polar surface area (TPSA) is 84.6 Å². The normalized spacial score (nSPS) is 32.5. The monoisotopic (exact) mass is 146 g/mol. The molecule has 1 fully saturated rings. The lowest BCUT2D eigenvalue weighted by atomic mass is 10.2. The number of hydrogen-bond donors (Lipinski definition) is 3. The minimum Gasteiger partial charge on any atom is -0.480 e. The molecule has 0 saturated carbocycles. The number of carboxylic acid groups (broad SMARTS) is 1. The Morgan fingerprint density at radius 1 is 1.80 bits per heavy atom. The summed E-state index contributed by atoms with van der Waals surface area (Å²) in [6.45, 7) is 0.521. The zero-order valence-corrected chi connectivity index (χ0v) is 5.41. The molecule has 1 rings (SSSR count). The highest BCUT2D eigenvalue weighted by Gasteiger charge is 2.29. The second kappa shape index (κ2) is 2.96. The molecule has 4 N–H and O–H groups in total. The first-order valence-electron chi connectivity index (χ1n) is 3.05. The first kappa shape index (κ1) is 7.46. The van der Waals surface area contributed by atoms with Crippen LogP contribution in [0.4, 0.5) is 0 Å². The molecule has 5 nitrogen and oxygen atoms in total. The van der Waals surface area contributed by atoms with Crippen LogP contribution in [0.1, 0.15) is 6.42 Å². The maximum absolute atomic E-state index is 10.3. The molecule has 0 aromatic heterocycles. The van der Waals surface area contributed by atoms with Crippen LogP contribution in [0.5, 0.6) is 0 Å². The molecule has 0 amide bonds. The summed E-state index contributed by atoms with van der Waals surface area (Å²) in [7, 11) is 0. The van der Waals surface area contributed by atoms with Crippen LogP contribution < -0.4 is 11.2 Å². The molecule has 0 aromatic rings. The summed E-state index contributed by atoms with van der Waals surface area (Å²) in [6.07, 6.45) is 0.298. The van der Waals surface area contributed by atoms with E-state index in [1.807, 2.05) is 0 Å². The van der Waals surface area contributed by atoms with Crippen LogP contribution in [0.3, 0.4) is 0 Å². The summed E-state index contributed by atoms with van der Waals surface area (Å²) in [4.78, 5) is 14.8. The van der Waals surface area contributed by atoms with Gasteiger partial charge in [0.1, 0.15) is 6.04 Å². The maximum Gasteiger partial charge on any atom is 0.320 e. The fourth-order valence-electron chi connectivity index (χ4n) is 0.995. The minimum absolute atomic E-state index is 0.152. The van der Waals surface area contributed by atoms with E-state index in [1.54, 1.807) is 0 Å². The molecule has 0 spiro atoms. The van der Waals surface area contributed by atoms with Crippen LogP contribution in [0, 0.1) is 0 Å². The fraction of sp³-hybridized carbons (Fsp3) is 0.800. The summed E-state index contributed by atoms with van der Waals surface area (Å²) < 4.78 is 0. The Bertz CT molecular complexity index is 139. The zero-order chi connectivity index (χ0) is 7.56. The van der Waals surface area contributed by atoms with Crippen molar-refractivity contribution in [3.8, 4) is 0 Å². The van der Waals surface area contributed by atoms with E-state index in [4.69, 9.17) is 11.0 Å². The number of hydrogen-bond acceptors (Lipinski definition) is 4. The van der Waals surface area contributed by atoms with Gasteiger partial charge in [-0.15, -0.1) is 0 Å². The van der Waals surface area contributed by atoms with E-state index in [0.29, 0.717) is 13.0 Å². The summed E-state index contributed by atoms with van der Waals surface area (Å²) >= 11 is 0. The highest BCUT2D eigenvalue weighted by Crippen LogP contribution is 2.07. The molecular formula is C5H10N2O3. The third-order valence-electron chi connectivity index (χ3n) is 1.58. The molecule has 58 valence electrons. The SMILES string of the molecule is NO[C@H]1CN[C@H](C(=O)O)C1. The molecular weight excluding hydrogens is 136 g/mol. The molecule has 0 bridgehead atoms. The van der Waals surface area contributed by atoms with E-state index in [0.717, 1.165) is 0 Å². The molecule has 0 unspecified atom stereocenters. The molecule has 0 radical (unpaired) electrons. The van der Waals surface area contributed by atoms with E-state index >= 15 is 0 Å². The summed E-state index contributed by atoms with van der Waals surface area (Å²) in [5.41, 5.74) is 0. The van der Waals surface area contributed by atoms with Crippen LogP contribution in [0.25, 0.3) is 0 Å². The van der Waals surface area contributed by atoms with Crippen molar-refractivity contribution in [2.24, 2.45) is 5.90 Å². The van der Waals surface area contributed by atoms with Crippen molar-refractivity contribution in [2.45, 2.75) is 18.6 Å². The van der Waals surface area contributed by atoms with Gasteiger partial charge in [0.05, 0.1) is 6.10 Å². The van der Waals surface area contributed by atoms with Gasteiger partial charge in [-0.25, -0.2) is 5.90 Å². The second-order valence-corrected chi connectivity index (χ2v) is 2.29. The lowest BCUT2D eigenvalue weighted by Gasteiger charge is -2.02. The van der Waals surface area contributed by atoms with Gasteiger partial charge in [-0.3, -0.25) is 9.63 Å². The Morgan fingerprint density at radius 3 is 2.80 bits per heavy atom. The summed E-state index contributed by atoms with van der Waals surface area (Å²) in [5, 5.41) is 11.2. The standard InChI is InChI=1S/C5H10N2O3/c6-10-3-1-4(5(8)9)7-2-3/h3-4,7H,1-2,6H2,(H,8,9)/t3-,4+/m1/s1. The fourth-order valence-corrected chi connectivity index (χ4v) is 0.995. The van der Waals surface area contributed by atoms with Crippen molar-refractivity contribution in [3.05, 3.63) is 0 Å². The number of aliphatic carboxylic acids is 1. The van der Waals surface area contributed by atoms with Crippen LogP contribution in [-0.4, -0.2) is 29.8 Å². The molecule has 10 heavy (non-hydrogen) atoms. The smallest absolute Gasteiger partial charge is 0.320 e. The zero-order valence-electron chi connectivity index (χ0n) is 5.41. The van der Waals surface area contributed by atoms with Gasteiger partial charge < -0.3 is 10.4 Å². The van der Waals surface area contributed by atoms with E-state index < -0.39 is 12.0 Å². The molecule has 2 atom stereocenters. The van der Waals surface area contributed by atoms with Crippen molar-refractivity contribution in [1.82, 2.24) is 5.32 Å². The Hall–Kier alpha value is -0.650. The van der Waals surface area contributed by atoms with Crippen LogP contribution in [0.15, 0.2) is 0 Å². The van der Waals surface area contributed by atoms with E-state index in [1.165, 1.54) is 0 Å². The molecule has 0 aliphatic carbocycles. The van der Waals surface area contributed by atoms with Gasteiger partial charge in [0.25, 0.3) is 0 Å². The van der Waals surface area contributed by atoms with Crippen molar-refractivity contribution in [3.63, 3.8) is 0 Å². The van der Waals surface area contributed by atoms with Crippen LogP contribution in [0.2, 0.25) is 0 Å². The third kappa shape index (κ3) is 1.44. The summed E-state index contributed by atoms with van der Waals surface area (Å²) in [5.74, 6) is 4.02. The molecule has 1 saturated heterocycles. The second-order valence-electron chi connectivity index (χ2n) is 2.29. The molecule has 1 heterocycles. The van der Waals surface area contributed by atoms with Crippen molar-refractivity contribution >= 4 is 5.97 Å². The van der Waals surface area contributed by atoms with Crippen LogP contribution in [-0.2, 0) is 9.63 Å². The lowest BCUT2D eigenvalue weighted by molar-refractivity contribution is -0.139. The van der Waals surface area contributed by atoms with Crippen molar-refractivity contribution in [2.75, 3.05) is 6.54 Å². The first-order valence-corrected chi connectivity index (χ1v) is 3.05. The quantitative estimate of drug-likeness (QED) is 0.421. The maximum atomic E-state index is 10.3. The Labute approximate surface area is 58.1 Å². The number of nitrogens with two attached hydrogens (primary N) is 1. The van der Waals surface area contributed by atoms with Gasteiger partial charge in [0.15, 0.2) is 0 Å².